The van der Waals surface area contributed by atoms with Crippen LogP contribution in [0.2, 0.25) is 0 Å². The number of aryl methyl sites for hydroxylation is 2. The summed E-state index contributed by atoms with van der Waals surface area (Å²) in [4.78, 5) is 32.4. The van der Waals surface area contributed by atoms with E-state index in [-0.39, 0.29) is 11.1 Å². The molecule has 2 N–H and O–H groups in total. The number of alkyl halides is 3. The molecule has 32 heavy (non-hydrogen) atoms. The third-order valence-electron chi connectivity index (χ3n) is 4.57. The highest BCUT2D eigenvalue weighted by Crippen LogP contribution is 2.32. The van der Waals surface area contributed by atoms with Crippen LogP contribution in [0, 0.1) is 13.8 Å². The van der Waals surface area contributed by atoms with Crippen LogP contribution >= 0.6 is 0 Å². The summed E-state index contributed by atoms with van der Waals surface area (Å²) >= 11 is 0. The first-order valence-corrected chi connectivity index (χ1v) is 9.47. The highest BCUT2D eigenvalue weighted by molar-refractivity contribution is 6.06. The summed E-state index contributed by atoms with van der Waals surface area (Å²) < 4.78 is 39.4. The van der Waals surface area contributed by atoms with E-state index < -0.39 is 23.6 Å². The van der Waals surface area contributed by atoms with Gasteiger partial charge in [-0.1, -0.05) is 12.1 Å². The molecule has 6 nitrogen and oxygen atoms in total. The molecule has 164 valence electrons. The standard InChI is InChI=1S/C23H19F3N4O2/c1-14-3-6-17(9-19(14)23(24,25)26)22(32)29-18-7-4-15(2)20(10-18)30-21(31)8-5-16-11-27-13-28-12-16/h3-13H,1-2H3,(H,29,32)(H,30,31). The molecular weight excluding hydrogens is 421 g/mol. The molecule has 0 fully saturated rings. The summed E-state index contributed by atoms with van der Waals surface area (Å²) in [6.07, 6.45) is 2.78. The van der Waals surface area contributed by atoms with Gasteiger partial charge in [0.1, 0.15) is 6.33 Å². The van der Waals surface area contributed by atoms with Crippen molar-refractivity contribution in [2.75, 3.05) is 10.6 Å². The fraction of sp³-hybridized carbons (Fsp3) is 0.130. The molecule has 0 aliphatic carbocycles. The van der Waals surface area contributed by atoms with E-state index in [0.717, 1.165) is 11.6 Å². The lowest BCUT2D eigenvalue weighted by atomic mass is 10.0. The number of nitrogens with zero attached hydrogens (tertiary/aromatic N) is 2. The first kappa shape index (κ1) is 22.7. The monoisotopic (exact) mass is 440 g/mol. The maximum absolute atomic E-state index is 13.1. The number of anilines is 2. The van der Waals surface area contributed by atoms with E-state index in [4.69, 9.17) is 0 Å². The van der Waals surface area contributed by atoms with Crippen LogP contribution in [-0.4, -0.2) is 21.8 Å². The molecule has 1 heterocycles. The SMILES string of the molecule is Cc1ccc(NC(=O)c2ccc(C)c(C(F)(F)F)c2)cc1NC(=O)C=Cc1cncnc1. The third kappa shape index (κ3) is 5.78. The molecule has 3 aromatic rings. The number of hydrogen-bond acceptors (Lipinski definition) is 4. The van der Waals surface area contributed by atoms with Crippen LogP contribution < -0.4 is 10.6 Å². The average molecular weight is 440 g/mol. The summed E-state index contributed by atoms with van der Waals surface area (Å²) in [5, 5.41) is 5.27. The smallest absolute Gasteiger partial charge is 0.322 e. The van der Waals surface area contributed by atoms with Crippen LogP contribution in [0.3, 0.4) is 0 Å². The Morgan fingerprint density at radius 2 is 1.62 bits per heavy atom. The van der Waals surface area contributed by atoms with Gasteiger partial charge < -0.3 is 10.6 Å². The minimum Gasteiger partial charge on any atom is -0.322 e. The molecule has 1 aromatic heterocycles. The molecule has 0 saturated heterocycles. The van der Waals surface area contributed by atoms with E-state index in [2.05, 4.69) is 20.6 Å². The van der Waals surface area contributed by atoms with Crippen molar-refractivity contribution in [3.63, 3.8) is 0 Å². The number of nitrogens with one attached hydrogen (secondary N) is 2. The summed E-state index contributed by atoms with van der Waals surface area (Å²) in [7, 11) is 0. The van der Waals surface area contributed by atoms with Gasteiger partial charge >= 0.3 is 6.18 Å². The van der Waals surface area contributed by atoms with E-state index in [0.29, 0.717) is 16.9 Å². The van der Waals surface area contributed by atoms with Crippen molar-refractivity contribution in [1.29, 1.82) is 0 Å². The van der Waals surface area contributed by atoms with Gasteiger partial charge in [-0.2, -0.15) is 13.2 Å². The number of rotatable bonds is 5. The Morgan fingerprint density at radius 1 is 0.938 bits per heavy atom. The van der Waals surface area contributed by atoms with Crippen molar-refractivity contribution in [2.24, 2.45) is 0 Å². The van der Waals surface area contributed by atoms with Crippen molar-refractivity contribution in [3.8, 4) is 0 Å². The Hall–Kier alpha value is -4.01. The predicted octanol–water partition coefficient (Wildman–Crippen LogP) is 5.02. The second-order valence-corrected chi connectivity index (χ2v) is 7.01. The second kappa shape index (κ2) is 9.42. The van der Waals surface area contributed by atoms with Crippen LogP contribution in [0.4, 0.5) is 24.5 Å². The Morgan fingerprint density at radius 3 is 2.31 bits per heavy atom. The fourth-order valence-electron chi connectivity index (χ4n) is 2.85. The number of hydrogen-bond donors (Lipinski definition) is 2. The molecular formula is C23H19F3N4O2. The van der Waals surface area contributed by atoms with E-state index in [1.54, 1.807) is 37.5 Å². The molecule has 0 aliphatic heterocycles. The number of amides is 2. The van der Waals surface area contributed by atoms with Crippen molar-refractivity contribution in [2.45, 2.75) is 20.0 Å². The zero-order chi connectivity index (χ0) is 23.3. The molecule has 0 atom stereocenters. The number of benzene rings is 2. The second-order valence-electron chi connectivity index (χ2n) is 7.01. The number of aromatic nitrogens is 2. The zero-order valence-electron chi connectivity index (χ0n) is 17.2. The fourth-order valence-corrected chi connectivity index (χ4v) is 2.85. The van der Waals surface area contributed by atoms with Gasteiger partial charge in [0.25, 0.3) is 5.91 Å². The van der Waals surface area contributed by atoms with E-state index in [9.17, 15) is 22.8 Å². The van der Waals surface area contributed by atoms with Crippen molar-refractivity contribution in [3.05, 3.63) is 89.0 Å². The van der Waals surface area contributed by atoms with Crippen molar-refractivity contribution >= 4 is 29.3 Å². The van der Waals surface area contributed by atoms with Crippen LogP contribution in [0.15, 0.2) is 61.2 Å². The first-order chi connectivity index (χ1) is 15.1. The van der Waals surface area contributed by atoms with Gasteiger partial charge in [0.2, 0.25) is 5.91 Å². The Bertz CT molecular complexity index is 1180. The molecule has 3 rings (SSSR count). The van der Waals surface area contributed by atoms with E-state index >= 15 is 0 Å². The molecule has 0 radical (unpaired) electrons. The summed E-state index contributed by atoms with van der Waals surface area (Å²) in [5.41, 5.74) is 1.20. The summed E-state index contributed by atoms with van der Waals surface area (Å²) in [6.45, 7) is 3.10. The zero-order valence-corrected chi connectivity index (χ0v) is 17.2. The largest absolute Gasteiger partial charge is 0.416 e. The Kier molecular flexibility index (Phi) is 6.67. The normalized spacial score (nSPS) is 11.4. The molecule has 2 amide bonds. The quantitative estimate of drug-likeness (QED) is 0.546. The van der Waals surface area contributed by atoms with Gasteiger partial charge in [-0.25, -0.2) is 9.97 Å². The first-order valence-electron chi connectivity index (χ1n) is 9.47. The predicted molar refractivity (Wildman–Crippen MR) is 115 cm³/mol. The number of carbonyl (C=O) groups excluding carboxylic acids is 2. The Labute approximate surface area is 182 Å². The lowest BCUT2D eigenvalue weighted by Gasteiger charge is -2.13. The molecule has 0 saturated carbocycles. The molecule has 0 aliphatic rings. The Balaban J connectivity index is 1.74. The van der Waals surface area contributed by atoms with Gasteiger partial charge in [0, 0.05) is 41.0 Å². The highest BCUT2D eigenvalue weighted by atomic mass is 19.4. The van der Waals surface area contributed by atoms with Gasteiger partial charge in [-0.3, -0.25) is 9.59 Å². The lowest BCUT2D eigenvalue weighted by molar-refractivity contribution is -0.138. The molecule has 0 bridgehead atoms. The number of carbonyl (C=O) groups is 2. The maximum Gasteiger partial charge on any atom is 0.416 e. The van der Waals surface area contributed by atoms with Crippen LogP contribution in [0.25, 0.3) is 6.08 Å². The van der Waals surface area contributed by atoms with Crippen LogP contribution in [0.5, 0.6) is 0 Å². The minimum atomic E-state index is -4.55. The molecule has 0 unspecified atom stereocenters. The van der Waals surface area contributed by atoms with Gasteiger partial charge in [0.15, 0.2) is 0 Å². The average Bonchev–Trinajstić information content (AvgIpc) is 2.75. The van der Waals surface area contributed by atoms with Crippen molar-refractivity contribution in [1.82, 2.24) is 9.97 Å². The third-order valence-corrected chi connectivity index (χ3v) is 4.57. The minimum absolute atomic E-state index is 0.0319. The summed E-state index contributed by atoms with van der Waals surface area (Å²) in [6, 6.07) is 8.20. The van der Waals surface area contributed by atoms with Crippen LogP contribution in [0.1, 0.15) is 32.6 Å². The summed E-state index contributed by atoms with van der Waals surface area (Å²) in [5.74, 6) is -1.10. The van der Waals surface area contributed by atoms with Gasteiger partial charge in [-0.15, -0.1) is 0 Å². The lowest BCUT2D eigenvalue weighted by Crippen LogP contribution is -2.15. The molecule has 9 heteroatoms. The van der Waals surface area contributed by atoms with E-state index in [1.807, 2.05) is 0 Å². The van der Waals surface area contributed by atoms with Gasteiger partial charge in [0.05, 0.1) is 5.56 Å². The topological polar surface area (TPSA) is 84.0 Å². The van der Waals surface area contributed by atoms with Gasteiger partial charge in [-0.05, 0) is 55.3 Å². The molecule has 0 spiro atoms. The van der Waals surface area contributed by atoms with E-state index in [1.165, 1.54) is 37.5 Å². The maximum atomic E-state index is 13.1. The molecule has 2 aromatic carbocycles. The van der Waals surface area contributed by atoms with Crippen LogP contribution in [-0.2, 0) is 11.0 Å². The highest BCUT2D eigenvalue weighted by Gasteiger charge is 2.33. The number of halogens is 3. The van der Waals surface area contributed by atoms with Crippen molar-refractivity contribution < 1.29 is 22.8 Å².